The normalized spacial score (nSPS) is 10.9. The van der Waals surface area contributed by atoms with Gasteiger partial charge in [0.2, 0.25) is 0 Å². The summed E-state index contributed by atoms with van der Waals surface area (Å²) in [6.45, 7) is 4.30. The highest BCUT2D eigenvalue weighted by Gasteiger charge is 2.16. The third-order valence-electron chi connectivity index (χ3n) is 2.19. The fraction of sp³-hybridized carbons (Fsp3) is 0.417. The summed E-state index contributed by atoms with van der Waals surface area (Å²) in [6.07, 6.45) is 0.690. The lowest BCUT2D eigenvalue weighted by molar-refractivity contribution is 0.264. The highest BCUT2D eigenvalue weighted by atomic mass is 79.9. The van der Waals surface area contributed by atoms with E-state index >= 15 is 0 Å². The molecule has 1 rings (SSSR count). The van der Waals surface area contributed by atoms with Crippen LogP contribution in [0.25, 0.3) is 0 Å². The van der Waals surface area contributed by atoms with Gasteiger partial charge in [0.1, 0.15) is 5.75 Å². The smallest absolute Gasteiger partial charge is 0.122 e. The van der Waals surface area contributed by atoms with Crippen LogP contribution < -0.4 is 10.5 Å². The van der Waals surface area contributed by atoms with Crippen LogP contribution in [0.5, 0.6) is 5.75 Å². The van der Waals surface area contributed by atoms with Gasteiger partial charge in [-0.15, -0.1) is 0 Å². The molecule has 1 aromatic carbocycles. The van der Waals surface area contributed by atoms with Gasteiger partial charge in [0.25, 0.3) is 0 Å². The van der Waals surface area contributed by atoms with E-state index in [1.807, 2.05) is 26.0 Å². The van der Waals surface area contributed by atoms with Gasteiger partial charge >= 0.3 is 0 Å². The second-order valence-electron chi connectivity index (χ2n) is 4.31. The van der Waals surface area contributed by atoms with Gasteiger partial charge in [0, 0.05) is 16.2 Å². The Morgan fingerprint density at radius 1 is 1.44 bits per heavy atom. The maximum atomic E-state index is 8.85. The summed E-state index contributed by atoms with van der Waals surface area (Å²) < 4.78 is 6.44. The monoisotopic (exact) mass is 282 g/mol. The van der Waals surface area contributed by atoms with E-state index in [4.69, 9.17) is 15.7 Å². The van der Waals surface area contributed by atoms with E-state index in [0.717, 1.165) is 10.2 Å². The molecule has 0 aromatic heterocycles. The Balaban J connectivity index is 2.53. The molecule has 0 saturated heterocycles. The van der Waals surface area contributed by atoms with Crippen molar-refractivity contribution in [3.63, 3.8) is 0 Å². The molecule has 2 N–H and O–H groups in total. The van der Waals surface area contributed by atoms with Crippen molar-refractivity contribution in [2.24, 2.45) is 5.41 Å². The van der Waals surface area contributed by atoms with Crippen LogP contribution >= 0.6 is 15.9 Å². The van der Waals surface area contributed by atoms with Gasteiger partial charge in [-0.05, 0) is 32.4 Å². The lowest BCUT2D eigenvalue weighted by Gasteiger charge is -2.15. The molecule has 0 aliphatic rings. The van der Waals surface area contributed by atoms with Gasteiger partial charge < -0.3 is 10.5 Å². The van der Waals surface area contributed by atoms with Crippen LogP contribution in [0.15, 0.2) is 22.7 Å². The number of anilines is 1. The fourth-order valence-electron chi connectivity index (χ4n) is 1.15. The lowest BCUT2D eigenvalue weighted by atomic mass is 9.92. The SMILES string of the molecule is CC(C)(C#N)CCOc1cc(N)cc(Br)c1. The van der Waals surface area contributed by atoms with Gasteiger partial charge in [-0.2, -0.15) is 5.26 Å². The molecule has 3 nitrogen and oxygen atoms in total. The number of nitrogens with two attached hydrogens (primary N) is 1. The van der Waals surface area contributed by atoms with E-state index in [1.165, 1.54) is 0 Å². The van der Waals surface area contributed by atoms with Crippen molar-refractivity contribution >= 4 is 21.6 Å². The van der Waals surface area contributed by atoms with E-state index in [-0.39, 0.29) is 5.41 Å². The molecule has 86 valence electrons. The Kier molecular flexibility index (Phi) is 4.19. The summed E-state index contributed by atoms with van der Waals surface area (Å²) in [7, 11) is 0. The summed E-state index contributed by atoms with van der Waals surface area (Å²) in [5.41, 5.74) is 5.99. The van der Waals surface area contributed by atoms with Gasteiger partial charge in [0.15, 0.2) is 0 Å². The third kappa shape index (κ3) is 4.11. The molecule has 0 radical (unpaired) electrons. The summed E-state index contributed by atoms with van der Waals surface area (Å²) in [6, 6.07) is 7.67. The minimum Gasteiger partial charge on any atom is -0.493 e. The molecule has 0 aliphatic carbocycles. The first-order valence-corrected chi connectivity index (χ1v) is 5.82. The minimum atomic E-state index is -0.350. The molecule has 0 bridgehead atoms. The van der Waals surface area contributed by atoms with Crippen molar-refractivity contribution in [1.29, 1.82) is 5.26 Å². The zero-order valence-electron chi connectivity index (χ0n) is 9.46. The number of benzene rings is 1. The minimum absolute atomic E-state index is 0.350. The van der Waals surface area contributed by atoms with Crippen LogP contribution in [-0.2, 0) is 0 Å². The Labute approximate surface area is 104 Å². The van der Waals surface area contributed by atoms with E-state index in [9.17, 15) is 0 Å². The van der Waals surface area contributed by atoms with Crippen LogP contribution in [-0.4, -0.2) is 6.61 Å². The lowest BCUT2D eigenvalue weighted by Crippen LogP contribution is -2.13. The zero-order chi connectivity index (χ0) is 12.2. The summed E-state index contributed by atoms with van der Waals surface area (Å²) in [4.78, 5) is 0. The van der Waals surface area contributed by atoms with Crippen molar-refractivity contribution in [3.8, 4) is 11.8 Å². The van der Waals surface area contributed by atoms with Gasteiger partial charge in [-0.3, -0.25) is 0 Å². The van der Waals surface area contributed by atoms with Crippen LogP contribution in [0.1, 0.15) is 20.3 Å². The number of hydrogen-bond acceptors (Lipinski definition) is 3. The summed E-state index contributed by atoms with van der Waals surface area (Å²) in [5, 5.41) is 8.85. The average Bonchev–Trinajstić information content (AvgIpc) is 2.16. The molecule has 4 heteroatoms. The van der Waals surface area contributed by atoms with E-state index in [2.05, 4.69) is 22.0 Å². The van der Waals surface area contributed by atoms with Crippen LogP contribution in [0, 0.1) is 16.7 Å². The Bertz CT molecular complexity index is 390. The molecule has 0 heterocycles. The second-order valence-corrected chi connectivity index (χ2v) is 5.23. The molecule has 0 saturated carbocycles. The van der Waals surface area contributed by atoms with Crippen molar-refractivity contribution in [2.75, 3.05) is 12.3 Å². The predicted molar refractivity (Wildman–Crippen MR) is 68.1 cm³/mol. The van der Waals surface area contributed by atoms with Crippen molar-refractivity contribution in [3.05, 3.63) is 22.7 Å². The zero-order valence-corrected chi connectivity index (χ0v) is 11.0. The number of nitrogen functional groups attached to an aromatic ring is 1. The van der Waals surface area contributed by atoms with Crippen LogP contribution in [0.3, 0.4) is 0 Å². The third-order valence-corrected chi connectivity index (χ3v) is 2.65. The standard InChI is InChI=1S/C12H15BrN2O/c1-12(2,8-14)3-4-16-11-6-9(13)5-10(15)7-11/h5-7H,3-4,15H2,1-2H3. The van der Waals surface area contributed by atoms with Crippen molar-refractivity contribution < 1.29 is 4.74 Å². The van der Waals surface area contributed by atoms with Gasteiger partial charge in [-0.1, -0.05) is 15.9 Å². The molecule has 16 heavy (non-hydrogen) atoms. The van der Waals surface area contributed by atoms with E-state index in [1.54, 1.807) is 6.07 Å². The molecule has 0 atom stereocenters. The van der Waals surface area contributed by atoms with E-state index in [0.29, 0.717) is 18.7 Å². The Morgan fingerprint density at radius 2 is 2.12 bits per heavy atom. The molecule has 1 aromatic rings. The molecule has 0 aliphatic heterocycles. The first-order valence-electron chi connectivity index (χ1n) is 5.03. The molecular formula is C12H15BrN2O. The Hall–Kier alpha value is -1.21. The molecular weight excluding hydrogens is 268 g/mol. The predicted octanol–water partition coefficient (Wildman–Crippen LogP) is 3.35. The highest BCUT2D eigenvalue weighted by Crippen LogP contribution is 2.24. The van der Waals surface area contributed by atoms with Crippen molar-refractivity contribution in [2.45, 2.75) is 20.3 Å². The first-order chi connectivity index (χ1) is 7.43. The molecule has 0 unspecified atom stereocenters. The topological polar surface area (TPSA) is 59.0 Å². The maximum absolute atomic E-state index is 8.85. The summed E-state index contributed by atoms with van der Waals surface area (Å²) >= 11 is 3.35. The molecule has 0 amide bonds. The van der Waals surface area contributed by atoms with E-state index < -0.39 is 0 Å². The fourth-order valence-corrected chi connectivity index (χ4v) is 1.64. The largest absolute Gasteiger partial charge is 0.493 e. The van der Waals surface area contributed by atoms with Gasteiger partial charge in [-0.25, -0.2) is 0 Å². The highest BCUT2D eigenvalue weighted by molar-refractivity contribution is 9.10. The summed E-state index contributed by atoms with van der Waals surface area (Å²) in [5.74, 6) is 0.723. The first kappa shape index (κ1) is 12.9. The van der Waals surface area contributed by atoms with Crippen LogP contribution in [0.4, 0.5) is 5.69 Å². The number of hydrogen-bond donors (Lipinski definition) is 1. The average molecular weight is 283 g/mol. The molecule has 0 spiro atoms. The maximum Gasteiger partial charge on any atom is 0.122 e. The molecule has 0 fully saturated rings. The van der Waals surface area contributed by atoms with Gasteiger partial charge in [0.05, 0.1) is 18.1 Å². The van der Waals surface area contributed by atoms with Crippen LogP contribution in [0.2, 0.25) is 0 Å². The Morgan fingerprint density at radius 3 is 2.69 bits per heavy atom. The number of halogens is 1. The van der Waals surface area contributed by atoms with Crippen molar-refractivity contribution in [1.82, 2.24) is 0 Å². The number of nitrogens with zero attached hydrogens (tertiary/aromatic N) is 1. The number of nitriles is 1. The second kappa shape index (κ2) is 5.22. The quantitative estimate of drug-likeness (QED) is 0.862. The number of ether oxygens (including phenoxy) is 1. The number of rotatable bonds is 4.